The molecular formula is C35H27N3OS. The molecule has 4 aromatic carbocycles. The number of benzene rings is 4. The second-order valence-electron chi connectivity index (χ2n) is 11.1. The summed E-state index contributed by atoms with van der Waals surface area (Å²) in [4.78, 5) is 18.8. The lowest BCUT2D eigenvalue weighted by Gasteiger charge is -2.54. The van der Waals surface area contributed by atoms with E-state index in [0.29, 0.717) is 18.0 Å². The molecule has 1 heterocycles. The van der Waals surface area contributed by atoms with Gasteiger partial charge in [0.05, 0.1) is 17.2 Å². The predicted molar refractivity (Wildman–Crippen MR) is 159 cm³/mol. The molecule has 0 radical (unpaired) electrons. The molecule has 0 spiro atoms. The third kappa shape index (κ3) is 3.71. The van der Waals surface area contributed by atoms with E-state index in [1.54, 1.807) is 0 Å². The molecule has 4 nitrogen and oxygen atoms in total. The van der Waals surface area contributed by atoms with Crippen molar-refractivity contribution < 1.29 is 4.79 Å². The van der Waals surface area contributed by atoms with Crippen molar-refractivity contribution in [3.63, 3.8) is 0 Å². The number of carbonyl (C=O) groups excluding carboxylic acids is 1. The molecule has 8 rings (SSSR count). The number of nitrogens with zero attached hydrogens (tertiary/aromatic N) is 2. The summed E-state index contributed by atoms with van der Waals surface area (Å²) < 4.78 is 0. The number of aromatic nitrogens is 1. The van der Waals surface area contributed by atoms with Crippen molar-refractivity contribution in [1.82, 2.24) is 4.98 Å². The summed E-state index contributed by atoms with van der Waals surface area (Å²) in [6.07, 6.45) is 1.13. The highest BCUT2D eigenvalue weighted by Gasteiger charge is 2.61. The number of hydrogen-bond donors (Lipinski definition) is 1. The number of nitriles is 1. The molecule has 1 atom stereocenters. The van der Waals surface area contributed by atoms with Crippen molar-refractivity contribution in [3.05, 3.63) is 142 Å². The van der Waals surface area contributed by atoms with E-state index < -0.39 is 10.8 Å². The maximum atomic E-state index is 14.0. The third-order valence-corrected chi connectivity index (χ3v) is 9.47. The number of thiazole rings is 1. The van der Waals surface area contributed by atoms with Gasteiger partial charge in [0.2, 0.25) is 5.91 Å². The Kier molecular flexibility index (Phi) is 5.69. The van der Waals surface area contributed by atoms with Gasteiger partial charge >= 0.3 is 0 Å². The highest BCUT2D eigenvalue weighted by molar-refractivity contribution is 7.13. The third-order valence-electron chi connectivity index (χ3n) is 8.66. The Morgan fingerprint density at radius 1 is 0.900 bits per heavy atom. The maximum absolute atomic E-state index is 14.0. The Morgan fingerprint density at radius 3 is 2.15 bits per heavy atom. The highest BCUT2D eigenvalue weighted by atomic mass is 32.1. The van der Waals surface area contributed by atoms with Gasteiger partial charge in [0.25, 0.3) is 0 Å². The van der Waals surface area contributed by atoms with Crippen LogP contribution in [-0.2, 0) is 16.6 Å². The van der Waals surface area contributed by atoms with E-state index in [0.717, 1.165) is 27.9 Å². The lowest BCUT2D eigenvalue weighted by Crippen LogP contribution is -2.53. The number of carbonyl (C=O) groups is 1. The average Bonchev–Trinajstić information content (AvgIpc) is 3.44. The van der Waals surface area contributed by atoms with Crippen LogP contribution in [0.1, 0.15) is 52.8 Å². The van der Waals surface area contributed by atoms with Crippen molar-refractivity contribution in [3.8, 4) is 17.2 Å². The van der Waals surface area contributed by atoms with Gasteiger partial charge in [0, 0.05) is 17.7 Å². The van der Waals surface area contributed by atoms with Crippen LogP contribution in [0.5, 0.6) is 0 Å². The lowest BCUT2D eigenvalue weighted by molar-refractivity contribution is -0.127. The summed E-state index contributed by atoms with van der Waals surface area (Å²) in [7, 11) is 0. The largest absolute Gasteiger partial charge is 0.301 e. The van der Waals surface area contributed by atoms with Crippen LogP contribution in [0.2, 0.25) is 0 Å². The van der Waals surface area contributed by atoms with Crippen molar-refractivity contribution in [2.45, 2.75) is 31.1 Å². The fourth-order valence-electron chi connectivity index (χ4n) is 6.83. The van der Waals surface area contributed by atoms with Gasteiger partial charge in [-0.3, -0.25) is 4.79 Å². The van der Waals surface area contributed by atoms with Gasteiger partial charge in [-0.1, -0.05) is 103 Å². The van der Waals surface area contributed by atoms with Crippen molar-refractivity contribution in [1.29, 1.82) is 5.26 Å². The molecule has 194 valence electrons. The Morgan fingerprint density at radius 2 is 1.50 bits per heavy atom. The number of rotatable bonds is 5. The van der Waals surface area contributed by atoms with Crippen LogP contribution < -0.4 is 5.32 Å². The minimum atomic E-state index is -0.853. The summed E-state index contributed by atoms with van der Waals surface area (Å²) in [6.45, 7) is 2.01. The zero-order valence-electron chi connectivity index (χ0n) is 22.1. The lowest BCUT2D eigenvalue weighted by atomic mass is 9.47. The fraction of sp³-hybridized carbons (Fsp3) is 0.171. The Bertz CT molecular complexity index is 1740. The van der Waals surface area contributed by atoms with Crippen LogP contribution in [0.3, 0.4) is 0 Å². The standard InChI is InChI=1S/C35H27N3OS/c1-34(21-35(22-36)29-13-7-5-11-27(29)31(34)28-12-6-8-14-30(28)35)32(39)38-33-37-26(20-40-33)19-23-15-17-25(18-16-23)24-9-3-2-4-10-24/h2-18,20,31H,19,21H2,1H3,(H,37,38,39). The topological polar surface area (TPSA) is 65.8 Å². The first kappa shape index (κ1) is 24.5. The zero-order chi connectivity index (χ0) is 27.3. The van der Waals surface area contributed by atoms with E-state index in [4.69, 9.17) is 4.98 Å². The zero-order valence-corrected chi connectivity index (χ0v) is 22.9. The number of anilines is 1. The van der Waals surface area contributed by atoms with Crippen molar-refractivity contribution in [2.75, 3.05) is 5.32 Å². The molecular weight excluding hydrogens is 510 g/mol. The highest BCUT2D eigenvalue weighted by Crippen LogP contribution is 2.63. The molecule has 1 aromatic heterocycles. The van der Waals surface area contributed by atoms with E-state index in [9.17, 15) is 10.1 Å². The molecule has 3 aliphatic rings. The minimum absolute atomic E-state index is 0.0887. The molecule has 0 saturated heterocycles. The van der Waals surface area contributed by atoms with Crippen LogP contribution in [0, 0.1) is 16.7 Å². The molecule has 3 aliphatic carbocycles. The van der Waals surface area contributed by atoms with Crippen LogP contribution in [0.25, 0.3) is 11.1 Å². The van der Waals surface area contributed by atoms with E-state index in [-0.39, 0.29) is 11.8 Å². The average molecular weight is 538 g/mol. The van der Waals surface area contributed by atoms with Gasteiger partial charge < -0.3 is 5.32 Å². The molecule has 40 heavy (non-hydrogen) atoms. The van der Waals surface area contributed by atoms with Crippen LogP contribution >= 0.6 is 11.3 Å². The normalized spacial score (nSPS) is 22.1. The van der Waals surface area contributed by atoms with Crippen LogP contribution in [0.15, 0.2) is 109 Å². The molecule has 1 N–H and O–H groups in total. The van der Waals surface area contributed by atoms with Gasteiger partial charge in [-0.25, -0.2) is 4.98 Å². The summed E-state index contributed by atoms with van der Waals surface area (Å²) in [5.74, 6) is -0.216. The second kappa shape index (κ2) is 9.29. The first-order valence-corrected chi connectivity index (χ1v) is 14.4. The Hall–Kier alpha value is -4.53. The van der Waals surface area contributed by atoms with Gasteiger partial charge in [-0.05, 0) is 52.3 Å². The maximum Gasteiger partial charge on any atom is 0.233 e. The SMILES string of the molecule is CC1(C(=O)Nc2nc(Cc3ccc(-c4ccccc4)cc3)cs2)CC2(C#N)c3ccccc3C1c1ccccc12. The molecule has 0 fully saturated rings. The van der Waals surface area contributed by atoms with Crippen molar-refractivity contribution >= 4 is 22.4 Å². The molecule has 1 unspecified atom stereocenters. The minimum Gasteiger partial charge on any atom is -0.301 e. The number of nitrogens with one attached hydrogen (secondary N) is 1. The van der Waals surface area contributed by atoms with E-state index in [1.807, 2.05) is 54.8 Å². The summed E-state index contributed by atoms with van der Waals surface area (Å²) >= 11 is 1.45. The first-order chi connectivity index (χ1) is 19.5. The number of hydrogen-bond acceptors (Lipinski definition) is 4. The predicted octanol–water partition coefficient (Wildman–Crippen LogP) is 7.70. The van der Waals surface area contributed by atoms with Gasteiger partial charge in [0.1, 0.15) is 5.41 Å². The fourth-order valence-corrected chi connectivity index (χ4v) is 7.53. The van der Waals surface area contributed by atoms with E-state index in [2.05, 4.69) is 72.0 Å². The second-order valence-corrected chi connectivity index (χ2v) is 11.9. The monoisotopic (exact) mass is 537 g/mol. The van der Waals surface area contributed by atoms with Gasteiger partial charge in [0.15, 0.2) is 5.13 Å². The van der Waals surface area contributed by atoms with E-state index in [1.165, 1.54) is 28.0 Å². The summed E-state index contributed by atoms with van der Waals surface area (Å²) in [5, 5.41) is 16.3. The number of fused-ring (bicyclic) bond motifs is 1. The summed E-state index contributed by atoms with van der Waals surface area (Å²) in [6, 6.07) is 37.8. The summed E-state index contributed by atoms with van der Waals surface area (Å²) in [5.41, 5.74) is 7.03. The molecule has 2 bridgehead atoms. The quantitative estimate of drug-likeness (QED) is 0.250. The smallest absolute Gasteiger partial charge is 0.233 e. The van der Waals surface area contributed by atoms with Crippen LogP contribution in [0.4, 0.5) is 5.13 Å². The van der Waals surface area contributed by atoms with Crippen molar-refractivity contribution in [2.24, 2.45) is 5.41 Å². The van der Waals surface area contributed by atoms with Gasteiger partial charge in [-0.15, -0.1) is 11.3 Å². The molecule has 0 aliphatic heterocycles. The first-order valence-electron chi connectivity index (χ1n) is 13.5. The molecule has 5 heteroatoms. The van der Waals surface area contributed by atoms with Gasteiger partial charge in [-0.2, -0.15) is 5.26 Å². The Labute approximate surface area is 238 Å². The molecule has 1 amide bonds. The van der Waals surface area contributed by atoms with Crippen LogP contribution in [-0.4, -0.2) is 10.9 Å². The number of amides is 1. The Balaban J connectivity index is 1.14. The molecule has 0 saturated carbocycles. The molecule has 5 aromatic rings. The van der Waals surface area contributed by atoms with E-state index >= 15 is 0 Å².